The van der Waals surface area contributed by atoms with E-state index in [2.05, 4.69) is 14.7 Å². The largest absolute Gasteiger partial charge is 0.316 e. The molecular weight excluding hydrogens is 463 g/mol. The van der Waals surface area contributed by atoms with Crippen LogP contribution in [0.4, 0.5) is 9.52 Å². The van der Waals surface area contributed by atoms with Crippen molar-refractivity contribution in [3.63, 3.8) is 0 Å². The van der Waals surface area contributed by atoms with Crippen LogP contribution in [0.25, 0.3) is 0 Å². The van der Waals surface area contributed by atoms with Crippen molar-refractivity contribution >= 4 is 38.3 Å². The molecule has 0 amide bonds. The van der Waals surface area contributed by atoms with Crippen molar-refractivity contribution in [1.29, 1.82) is 0 Å². The number of hydrogen-bond acceptors (Lipinski definition) is 7. The van der Waals surface area contributed by atoms with Gasteiger partial charge in [-0.1, -0.05) is 29.8 Å². The standard InChI is InChI=1S/C20H20ClFN4O3S2/c21-16-6-4-14(5-7-16)19-8-9-23-11-15(19)12-29-26(20-24-13-25-30-20)31(27,28)18-3-1-2-17(22)10-18/h1-7,10,13,15,19,23H,8-9,11-12H2/t15-,19-/m1/s1. The Morgan fingerprint density at radius 1 is 1.26 bits per heavy atom. The average Bonchev–Trinajstić information content (AvgIpc) is 3.29. The molecule has 164 valence electrons. The number of hydrogen-bond donors (Lipinski definition) is 1. The Morgan fingerprint density at radius 2 is 2.06 bits per heavy atom. The Labute approximate surface area is 189 Å². The normalized spacial score (nSPS) is 19.3. The topological polar surface area (TPSA) is 84.4 Å². The van der Waals surface area contributed by atoms with Gasteiger partial charge in [-0.25, -0.2) is 9.37 Å². The molecule has 0 spiro atoms. The molecule has 1 saturated heterocycles. The number of nitrogens with one attached hydrogen (secondary N) is 1. The van der Waals surface area contributed by atoms with Crippen LogP contribution < -0.4 is 9.79 Å². The van der Waals surface area contributed by atoms with E-state index in [4.69, 9.17) is 16.4 Å². The average molecular weight is 483 g/mol. The van der Waals surface area contributed by atoms with Crippen molar-refractivity contribution in [2.24, 2.45) is 5.92 Å². The summed E-state index contributed by atoms with van der Waals surface area (Å²) in [6.45, 7) is 1.64. The van der Waals surface area contributed by atoms with Crippen molar-refractivity contribution in [2.45, 2.75) is 17.2 Å². The highest BCUT2D eigenvalue weighted by Crippen LogP contribution is 2.33. The van der Waals surface area contributed by atoms with Crippen molar-refractivity contribution < 1.29 is 17.6 Å². The van der Waals surface area contributed by atoms with Crippen LogP contribution in [0.3, 0.4) is 0 Å². The second-order valence-corrected chi connectivity index (χ2v) is 10.1. The summed E-state index contributed by atoms with van der Waals surface area (Å²) in [5, 5.41) is 4.05. The Bertz CT molecular complexity index is 1110. The highest BCUT2D eigenvalue weighted by Gasteiger charge is 2.33. The second-order valence-electron chi connectivity index (χ2n) is 7.12. The summed E-state index contributed by atoms with van der Waals surface area (Å²) in [7, 11) is -4.19. The zero-order valence-corrected chi connectivity index (χ0v) is 18.7. The van der Waals surface area contributed by atoms with E-state index in [0.29, 0.717) is 11.6 Å². The van der Waals surface area contributed by atoms with E-state index in [-0.39, 0.29) is 28.5 Å². The molecule has 0 aliphatic carbocycles. The summed E-state index contributed by atoms with van der Waals surface area (Å²) in [6, 6.07) is 12.4. The zero-order valence-electron chi connectivity index (χ0n) is 16.3. The maximum absolute atomic E-state index is 13.7. The third-order valence-corrected chi connectivity index (χ3v) is 7.70. The molecule has 1 fully saturated rings. The molecule has 0 unspecified atom stereocenters. The van der Waals surface area contributed by atoms with Gasteiger partial charge in [0.25, 0.3) is 10.0 Å². The molecule has 4 rings (SSSR count). The summed E-state index contributed by atoms with van der Waals surface area (Å²) in [6.07, 6.45) is 2.13. The summed E-state index contributed by atoms with van der Waals surface area (Å²) in [5.41, 5.74) is 1.12. The van der Waals surface area contributed by atoms with Gasteiger partial charge in [0.2, 0.25) is 5.13 Å². The number of benzene rings is 2. The highest BCUT2D eigenvalue weighted by molar-refractivity contribution is 7.92. The summed E-state index contributed by atoms with van der Waals surface area (Å²) in [5.74, 6) is -0.475. The van der Waals surface area contributed by atoms with Gasteiger partial charge in [0.1, 0.15) is 12.1 Å². The lowest BCUT2D eigenvalue weighted by Crippen LogP contribution is -2.41. The Kier molecular flexibility index (Phi) is 6.83. The summed E-state index contributed by atoms with van der Waals surface area (Å²) < 4.78 is 44.7. The lowest BCUT2D eigenvalue weighted by molar-refractivity contribution is 0.0912. The first-order valence-electron chi connectivity index (χ1n) is 9.62. The van der Waals surface area contributed by atoms with E-state index in [1.807, 2.05) is 24.3 Å². The molecule has 7 nitrogen and oxygen atoms in total. The quantitative estimate of drug-likeness (QED) is 0.515. The molecule has 1 aromatic heterocycles. The van der Waals surface area contributed by atoms with Crippen molar-refractivity contribution in [3.8, 4) is 0 Å². The minimum atomic E-state index is -4.19. The maximum Gasteiger partial charge on any atom is 0.289 e. The third kappa shape index (κ3) is 5.04. The fourth-order valence-electron chi connectivity index (χ4n) is 3.61. The molecule has 2 atom stereocenters. The van der Waals surface area contributed by atoms with Crippen LogP contribution in [0.2, 0.25) is 5.02 Å². The number of halogens is 2. The number of piperidine rings is 1. The minimum Gasteiger partial charge on any atom is -0.316 e. The molecular formula is C20H20ClFN4O3S2. The van der Waals surface area contributed by atoms with E-state index in [1.165, 1.54) is 24.5 Å². The van der Waals surface area contributed by atoms with Gasteiger partial charge in [0.15, 0.2) is 0 Å². The minimum absolute atomic E-state index is 0.00746. The predicted octanol–water partition coefficient (Wildman–Crippen LogP) is 3.85. The molecule has 2 heterocycles. The van der Waals surface area contributed by atoms with Gasteiger partial charge in [-0.05, 0) is 54.8 Å². The molecule has 1 aliphatic heterocycles. The zero-order chi connectivity index (χ0) is 21.8. The molecule has 0 radical (unpaired) electrons. The van der Waals surface area contributed by atoms with E-state index >= 15 is 0 Å². The number of sulfonamides is 1. The van der Waals surface area contributed by atoms with Crippen LogP contribution in [-0.2, 0) is 14.9 Å². The molecule has 11 heteroatoms. The number of nitrogens with zero attached hydrogens (tertiary/aromatic N) is 3. The van der Waals surface area contributed by atoms with Crippen LogP contribution in [-0.4, -0.2) is 37.5 Å². The predicted molar refractivity (Wildman–Crippen MR) is 117 cm³/mol. The first kappa shape index (κ1) is 22.1. The fourth-order valence-corrected chi connectivity index (χ4v) is 5.69. The molecule has 0 bridgehead atoms. The van der Waals surface area contributed by atoms with Crippen LogP contribution in [0, 0.1) is 11.7 Å². The Balaban J connectivity index is 1.58. The van der Waals surface area contributed by atoms with Gasteiger partial charge in [-0.2, -0.15) is 12.8 Å². The summed E-state index contributed by atoms with van der Waals surface area (Å²) >= 11 is 6.90. The van der Waals surface area contributed by atoms with E-state index in [0.717, 1.165) is 40.6 Å². The van der Waals surface area contributed by atoms with Gasteiger partial charge < -0.3 is 5.32 Å². The molecule has 31 heavy (non-hydrogen) atoms. The number of anilines is 1. The third-order valence-electron chi connectivity index (χ3n) is 5.13. The van der Waals surface area contributed by atoms with Gasteiger partial charge in [-0.3, -0.25) is 4.84 Å². The lowest BCUT2D eigenvalue weighted by atomic mass is 9.82. The van der Waals surface area contributed by atoms with E-state index in [1.54, 1.807) is 0 Å². The second kappa shape index (κ2) is 9.58. The molecule has 1 N–H and O–H groups in total. The van der Waals surface area contributed by atoms with E-state index in [9.17, 15) is 12.8 Å². The maximum atomic E-state index is 13.7. The first-order chi connectivity index (χ1) is 14.9. The van der Waals surface area contributed by atoms with Gasteiger partial charge in [-0.15, -0.1) is 4.47 Å². The van der Waals surface area contributed by atoms with Crippen molar-refractivity contribution in [2.75, 3.05) is 24.2 Å². The fraction of sp³-hybridized carbons (Fsp3) is 0.300. The Hall–Kier alpha value is -2.11. The molecule has 3 aromatic rings. The molecule has 0 saturated carbocycles. The highest BCUT2D eigenvalue weighted by atomic mass is 35.5. The molecule has 2 aromatic carbocycles. The van der Waals surface area contributed by atoms with Crippen LogP contribution in [0.5, 0.6) is 0 Å². The van der Waals surface area contributed by atoms with Crippen LogP contribution in [0.1, 0.15) is 17.9 Å². The monoisotopic (exact) mass is 482 g/mol. The smallest absolute Gasteiger partial charge is 0.289 e. The van der Waals surface area contributed by atoms with Crippen molar-refractivity contribution in [3.05, 3.63) is 71.3 Å². The SMILES string of the molecule is O=S(=O)(c1cccc(F)c1)N(OC[C@H]1CNCC[C@@H]1c1ccc(Cl)cc1)c1ncns1. The number of rotatable bonds is 7. The molecule has 1 aliphatic rings. The lowest BCUT2D eigenvalue weighted by Gasteiger charge is -2.33. The van der Waals surface area contributed by atoms with Gasteiger partial charge in [0, 0.05) is 29.0 Å². The Morgan fingerprint density at radius 3 is 2.77 bits per heavy atom. The van der Waals surface area contributed by atoms with Crippen LogP contribution in [0.15, 0.2) is 59.8 Å². The van der Waals surface area contributed by atoms with Gasteiger partial charge >= 0.3 is 0 Å². The van der Waals surface area contributed by atoms with Crippen molar-refractivity contribution in [1.82, 2.24) is 14.7 Å². The first-order valence-corrected chi connectivity index (χ1v) is 12.2. The van der Waals surface area contributed by atoms with E-state index < -0.39 is 15.8 Å². The summed E-state index contributed by atoms with van der Waals surface area (Å²) in [4.78, 5) is 9.59. The number of aromatic nitrogens is 2. The van der Waals surface area contributed by atoms with Crippen LogP contribution >= 0.6 is 23.1 Å². The van der Waals surface area contributed by atoms with Gasteiger partial charge in [0.05, 0.1) is 11.5 Å².